The summed E-state index contributed by atoms with van der Waals surface area (Å²) in [6.45, 7) is 7.44. The highest BCUT2D eigenvalue weighted by atomic mass is 19.4. The Morgan fingerprint density at radius 3 is 2.43 bits per heavy atom. The first-order valence-electron chi connectivity index (χ1n) is 7.51. The lowest BCUT2D eigenvalue weighted by Gasteiger charge is -2.48. The van der Waals surface area contributed by atoms with Gasteiger partial charge in [-0.2, -0.15) is 13.2 Å². The molecule has 0 aromatic heterocycles. The Labute approximate surface area is 124 Å². The zero-order valence-electron chi connectivity index (χ0n) is 12.8. The van der Waals surface area contributed by atoms with E-state index in [9.17, 15) is 13.2 Å². The molecule has 0 radical (unpaired) electrons. The Bertz CT molecular complexity index is 481. The summed E-state index contributed by atoms with van der Waals surface area (Å²) in [7, 11) is 0. The normalized spacial score (nSPS) is 22.4. The van der Waals surface area contributed by atoms with Crippen molar-refractivity contribution in [2.45, 2.75) is 51.4 Å². The lowest BCUT2D eigenvalue weighted by molar-refractivity contribution is -0.137. The Morgan fingerprint density at radius 1 is 1.24 bits per heavy atom. The molecule has 1 atom stereocenters. The van der Waals surface area contributed by atoms with Crippen LogP contribution in [0.5, 0.6) is 0 Å². The number of nitrogens with zero attached hydrogens (tertiary/aromatic N) is 1. The van der Waals surface area contributed by atoms with E-state index in [1.165, 1.54) is 12.1 Å². The first-order valence-corrected chi connectivity index (χ1v) is 7.51. The van der Waals surface area contributed by atoms with E-state index in [4.69, 9.17) is 0 Å². The van der Waals surface area contributed by atoms with Crippen LogP contribution in [0.15, 0.2) is 24.3 Å². The molecular weight excluding hydrogens is 277 g/mol. The second kappa shape index (κ2) is 5.87. The molecule has 0 spiro atoms. The number of benzene rings is 1. The van der Waals surface area contributed by atoms with Crippen LogP contribution in [-0.4, -0.2) is 24.7 Å². The number of hydrogen-bond donors (Lipinski definition) is 1. The predicted octanol–water partition coefficient (Wildman–Crippen LogP) is 4.06. The van der Waals surface area contributed by atoms with Gasteiger partial charge >= 0.3 is 6.18 Å². The molecule has 21 heavy (non-hydrogen) atoms. The largest absolute Gasteiger partial charge is 0.418 e. The third kappa shape index (κ3) is 3.18. The summed E-state index contributed by atoms with van der Waals surface area (Å²) < 4.78 is 39.7. The maximum atomic E-state index is 13.2. The van der Waals surface area contributed by atoms with Gasteiger partial charge in [0.25, 0.3) is 0 Å². The third-order valence-corrected chi connectivity index (χ3v) is 4.65. The number of halogens is 3. The van der Waals surface area contributed by atoms with Crippen LogP contribution in [0.3, 0.4) is 0 Å². The number of anilines is 1. The molecule has 5 heteroatoms. The maximum Gasteiger partial charge on any atom is 0.418 e. The number of para-hydroxylation sites is 1. The minimum Gasteiger partial charge on any atom is -0.365 e. The molecule has 118 valence electrons. The van der Waals surface area contributed by atoms with Crippen LogP contribution in [0.1, 0.15) is 39.2 Å². The summed E-state index contributed by atoms with van der Waals surface area (Å²) in [5, 5.41) is 3.52. The van der Waals surface area contributed by atoms with E-state index in [2.05, 4.69) is 19.2 Å². The van der Waals surface area contributed by atoms with Gasteiger partial charge in [-0.25, -0.2) is 0 Å². The van der Waals surface area contributed by atoms with Crippen molar-refractivity contribution in [2.24, 2.45) is 0 Å². The van der Waals surface area contributed by atoms with Gasteiger partial charge in [0.2, 0.25) is 0 Å². The fourth-order valence-electron chi connectivity index (χ4n) is 3.02. The molecule has 0 amide bonds. The van der Waals surface area contributed by atoms with Crippen LogP contribution in [-0.2, 0) is 6.18 Å². The smallest absolute Gasteiger partial charge is 0.365 e. The van der Waals surface area contributed by atoms with Crippen molar-refractivity contribution < 1.29 is 13.2 Å². The first-order chi connectivity index (χ1) is 9.83. The number of alkyl halides is 3. The van der Waals surface area contributed by atoms with Crippen molar-refractivity contribution in [3.63, 3.8) is 0 Å². The van der Waals surface area contributed by atoms with Gasteiger partial charge in [0, 0.05) is 30.4 Å². The van der Waals surface area contributed by atoms with Gasteiger partial charge in [-0.3, -0.25) is 0 Å². The quantitative estimate of drug-likeness (QED) is 0.905. The average Bonchev–Trinajstić information content (AvgIpc) is 2.47. The number of piperazine rings is 1. The standard InChI is InChI=1S/C16H23F3N2/c1-4-15(5-2)11-21(12(3)10-20-15)14-9-7-6-8-13(14)16(17,18)19/h6-9,12,20H,4-5,10-11H2,1-3H3. The fraction of sp³-hybridized carbons (Fsp3) is 0.625. The molecule has 0 bridgehead atoms. The third-order valence-electron chi connectivity index (χ3n) is 4.65. The van der Waals surface area contributed by atoms with Gasteiger partial charge in [-0.15, -0.1) is 0 Å². The van der Waals surface area contributed by atoms with Crippen LogP contribution < -0.4 is 10.2 Å². The van der Waals surface area contributed by atoms with E-state index in [0.29, 0.717) is 18.8 Å². The molecule has 1 aromatic carbocycles. The minimum absolute atomic E-state index is 0.0414. The Hall–Kier alpha value is -1.23. The van der Waals surface area contributed by atoms with Crippen molar-refractivity contribution in [3.8, 4) is 0 Å². The van der Waals surface area contributed by atoms with Crippen molar-refractivity contribution in [2.75, 3.05) is 18.0 Å². The highest BCUT2D eigenvalue weighted by Crippen LogP contribution is 2.38. The number of rotatable bonds is 3. The van der Waals surface area contributed by atoms with E-state index in [0.717, 1.165) is 12.8 Å². The van der Waals surface area contributed by atoms with E-state index in [1.54, 1.807) is 12.1 Å². The second-order valence-corrected chi connectivity index (χ2v) is 5.86. The average molecular weight is 300 g/mol. The van der Waals surface area contributed by atoms with Crippen LogP contribution in [0, 0.1) is 0 Å². The molecule has 1 aliphatic heterocycles. The molecule has 1 aliphatic rings. The molecule has 1 aromatic rings. The van der Waals surface area contributed by atoms with E-state index in [1.807, 2.05) is 11.8 Å². The molecule has 1 saturated heterocycles. The number of hydrogen-bond acceptors (Lipinski definition) is 2. The van der Waals surface area contributed by atoms with Crippen molar-refractivity contribution in [3.05, 3.63) is 29.8 Å². The molecule has 2 rings (SSSR count). The summed E-state index contributed by atoms with van der Waals surface area (Å²) in [6.07, 6.45) is -2.51. The van der Waals surface area contributed by atoms with Gasteiger partial charge in [-0.05, 0) is 31.9 Å². The maximum absolute atomic E-state index is 13.2. The van der Waals surface area contributed by atoms with Gasteiger partial charge in [0.05, 0.1) is 5.56 Å². The Balaban J connectivity index is 2.40. The van der Waals surface area contributed by atoms with Gasteiger partial charge in [0.15, 0.2) is 0 Å². The van der Waals surface area contributed by atoms with Crippen LogP contribution >= 0.6 is 0 Å². The van der Waals surface area contributed by atoms with Crippen molar-refractivity contribution in [1.82, 2.24) is 5.32 Å². The summed E-state index contributed by atoms with van der Waals surface area (Å²) in [6, 6.07) is 5.93. The summed E-state index contributed by atoms with van der Waals surface area (Å²) in [5.41, 5.74) is -0.351. The lowest BCUT2D eigenvalue weighted by atomic mass is 9.88. The molecule has 0 aliphatic carbocycles. The zero-order chi connectivity index (χ0) is 15.7. The molecule has 1 heterocycles. The molecular formula is C16H23F3N2. The lowest BCUT2D eigenvalue weighted by Crippen LogP contribution is -2.63. The van der Waals surface area contributed by atoms with E-state index in [-0.39, 0.29) is 11.6 Å². The highest BCUT2D eigenvalue weighted by Gasteiger charge is 2.40. The van der Waals surface area contributed by atoms with E-state index >= 15 is 0 Å². The molecule has 2 nitrogen and oxygen atoms in total. The molecule has 1 fully saturated rings. The van der Waals surface area contributed by atoms with Gasteiger partial charge < -0.3 is 10.2 Å². The summed E-state index contributed by atoms with van der Waals surface area (Å²) in [4.78, 5) is 1.91. The predicted molar refractivity (Wildman–Crippen MR) is 79.6 cm³/mol. The van der Waals surface area contributed by atoms with Crippen LogP contribution in [0.2, 0.25) is 0 Å². The minimum atomic E-state index is -4.32. The van der Waals surface area contributed by atoms with E-state index < -0.39 is 11.7 Å². The SMILES string of the molecule is CCC1(CC)CN(c2ccccc2C(F)(F)F)C(C)CN1. The number of nitrogens with one attached hydrogen (secondary N) is 1. The molecule has 1 unspecified atom stereocenters. The molecule has 0 saturated carbocycles. The summed E-state index contributed by atoms with van der Waals surface area (Å²) >= 11 is 0. The zero-order valence-corrected chi connectivity index (χ0v) is 12.8. The van der Waals surface area contributed by atoms with Crippen LogP contribution in [0.4, 0.5) is 18.9 Å². The summed E-state index contributed by atoms with van der Waals surface area (Å²) in [5.74, 6) is 0. The van der Waals surface area contributed by atoms with Gasteiger partial charge in [0.1, 0.15) is 0 Å². The molecule has 1 N–H and O–H groups in total. The monoisotopic (exact) mass is 300 g/mol. The Morgan fingerprint density at radius 2 is 1.86 bits per heavy atom. The first kappa shape index (κ1) is 16.1. The van der Waals surface area contributed by atoms with Crippen LogP contribution in [0.25, 0.3) is 0 Å². The fourth-order valence-corrected chi connectivity index (χ4v) is 3.02. The van der Waals surface area contributed by atoms with Crippen molar-refractivity contribution in [1.29, 1.82) is 0 Å². The second-order valence-electron chi connectivity index (χ2n) is 5.86. The Kier molecular flexibility index (Phi) is 4.51. The topological polar surface area (TPSA) is 15.3 Å². The highest BCUT2D eigenvalue weighted by molar-refractivity contribution is 5.56. The van der Waals surface area contributed by atoms with Gasteiger partial charge in [-0.1, -0.05) is 26.0 Å². The van der Waals surface area contributed by atoms with Crippen molar-refractivity contribution >= 4 is 5.69 Å².